The lowest BCUT2D eigenvalue weighted by atomic mass is 9.91. The number of amides is 2. The highest BCUT2D eigenvalue weighted by atomic mass is 32.2. The third-order valence-corrected chi connectivity index (χ3v) is 6.90. The molecule has 2 amide bonds. The molecule has 1 aliphatic carbocycles. The van der Waals surface area contributed by atoms with Crippen molar-refractivity contribution in [2.24, 2.45) is 5.41 Å². The minimum atomic E-state index is -0.196. The van der Waals surface area contributed by atoms with E-state index in [-0.39, 0.29) is 33.3 Å². The topological polar surface area (TPSA) is 49.4 Å². The normalized spacial score (nSPS) is 18.9. The van der Waals surface area contributed by atoms with Crippen LogP contribution in [0.5, 0.6) is 0 Å². The van der Waals surface area contributed by atoms with Crippen LogP contribution in [0.15, 0.2) is 0 Å². The summed E-state index contributed by atoms with van der Waals surface area (Å²) in [6.45, 7) is 10.9. The van der Waals surface area contributed by atoms with Gasteiger partial charge in [-0.3, -0.25) is 9.59 Å². The molecular formula is C17H32N2O2S2. The number of hydrogen-bond donors (Lipinski definition) is 1. The van der Waals surface area contributed by atoms with Crippen LogP contribution in [0.4, 0.5) is 0 Å². The van der Waals surface area contributed by atoms with Gasteiger partial charge in [-0.15, -0.1) is 11.8 Å². The summed E-state index contributed by atoms with van der Waals surface area (Å²) in [7, 11) is 1.83. The Morgan fingerprint density at radius 3 is 2.26 bits per heavy atom. The zero-order valence-corrected chi connectivity index (χ0v) is 17.2. The number of carbonyl (C=O) groups is 2. The first-order chi connectivity index (χ1) is 10.6. The molecule has 0 bridgehead atoms. The SMILES string of the molecule is CCSC1(C(=O)NC(C)CN(C)C(=O)C(SC)C(C)(C)C)CC1. The molecule has 1 fully saturated rings. The highest BCUT2D eigenvalue weighted by Gasteiger charge is 2.50. The first-order valence-electron chi connectivity index (χ1n) is 8.30. The van der Waals surface area contributed by atoms with E-state index in [0.29, 0.717) is 6.54 Å². The quantitative estimate of drug-likeness (QED) is 0.723. The van der Waals surface area contributed by atoms with Crippen LogP contribution in [0, 0.1) is 5.41 Å². The molecule has 4 nitrogen and oxygen atoms in total. The molecule has 2 unspecified atom stereocenters. The number of rotatable bonds is 8. The molecule has 23 heavy (non-hydrogen) atoms. The molecule has 0 spiro atoms. The second-order valence-electron chi connectivity index (χ2n) is 7.50. The van der Waals surface area contributed by atoms with Gasteiger partial charge in [-0.2, -0.15) is 11.8 Å². The minimum Gasteiger partial charge on any atom is -0.351 e. The summed E-state index contributed by atoms with van der Waals surface area (Å²) < 4.78 is -0.196. The molecule has 134 valence electrons. The van der Waals surface area contributed by atoms with Crippen LogP contribution in [0.1, 0.15) is 47.5 Å². The summed E-state index contributed by atoms with van der Waals surface area (Å²) in [5, 5.41) is 3.02. The van der Waals surface area contributed by atoms with E-state index in [1.54, 1.807) is 28.4 Å². The van der Waals surface area contributed by atoms with E-state index in [2.05, 4.69) is 33.0 Å². The summed E-state index contributed by atoms with van der Waals surface area (Å²) in [6.07, 6.45) is 3.92. The number of nitrogens with zero attached hydrogens (tertiary/aromatic N) is 1. The van der Waals surface area contributed by atoms with E-state index in [4.69, 9.17) is 0 Å². The standard InChI is InChI=1S/C17H32N2O2S2/c1-8-23-17(9-10-17)15(21)18-12(2)11-19(6)14(20)13(22-7)16(3,4)5/h12-13H,8-11H2,1-7H3,(H,18,21). The van der Waals surface area contributed by atoms with Gasteiger partial charge in [-0.1, -0.05) is 27.7 Å². The van der Waals surface area contributed by atoms with E-state index in [9.17, 15) is 9.59 Å². The highest BCUT2D eigenvalue weighted by molar-refractivity contribution is 8.01. The lowest BCUT2D eigenvalue weighted by Crippen LogP contribution is -2.49. The van der Waals surface area contributed by atoms with E-state index < -0.39 is 0 Å². The minimum absolute atomic E-state index is 0.0335. The number of nitrogens with one attached hydrogen (secondary N) is 1. The maximum Gasteiger partial charge on any atom is 0.236 e. The van der Waals surface area contributed by atoms with Gasteiger partial charge in [0.15, 0.2) is 0 Å². The van der Waals surface area contributed by atoms with Crippen molar-refractivity contribution in [1.82, 2.24) is 10.2 Å². The van der Waals surface area contributed by atoms with Gasteiger partial charge < -0.3 is 10.2 Å². The van der Waals surface area contributed by atoms with Crippen LogP contribution in [-0.4, -0.2) is 58.4 Å². The highest BCUT2D eigenvalue weighted by Crippen LogP contribution is 2.48. The second kappa shape index (κ2) is 8.15. The Labute approximate surface area is 149 Å². The van der Waals surface area contributed by atoms with Gasteiger partial charge in [0.2, 0.25) is 11.8 Å². The zero-order chi connectivity index (χ0) is 17.8. The van der Waals surface area contributed by atoms with Crippen LogP contribution in [0.2, 0.25) is 0 Å². The Morgan fingerprint density at radius 2 is 1.87 bits per heavy atom. The predicted octanol–water partition coefficient (Wildman–Crippen LogP) is 3.01. The Kier molecular flexibility index (Phi) is 7.33. The van der Waals surface area contributed by atoms with Crippen molar-refractivity contribution in [2.75, 3.05) is 25.6 Å². The number of hydrogen-bond acceptors (Lipinski definition) is 4. The van der Waals surface area contributed by atoms with Crippen LogP contribution in [-0.2, 0) is 9.59 Å². The summed E-state index contributed by atoms with van der Waals surface area (Å²) in [4.78, 5) is 26.8. The van der Waals surface area contributed by atoms with Gasteiger partial charge in [0.05, 0.1) is 10.00 Å². The van der Waals surface area contributed by atoms with Crippen molar-refractivity contribution < 1.29 is 9.59 Å². The molecule has 2 atom stereocenters. The summed E-state index contributed by atoms with van der Waals surface area (Å²) in [5.74, 6) is 1.23. The molecular weight excluding hydrogens is 328 g/mol. The van der Waals surface area contributed by atoms with E-state index >= 15 is 0 Å². The van der Waals surface area contributed by atoms with Gasteiger partial charge in [-0.05, 0) is 37.2 Å². The lowest BCUT2D eigenvalue weighted by molar-refractivity contribution is -0.132. The maximum absolute atomic E-state index is 12.6. The molecule has 0 aromatic carbocycles. The summed E-state index contributed by atoms with van der Waals surface area (Å²) in [6, 6.07) is -0.0335. The van der Waals surface area contributed by atoms with Gasteiger partial charge in [0, 0.05) is 19.6 Å². The molecule has 1 rings (SSSR count). The molecule has 6 heteroatoms. The lowest BCUT2D eigenvalue weighted by Gasteiger charge is -2.33. The average molecular weight is 361 g/mol. The van der Waals surface area contributed by atoms with Gasteiger partial charge in [0.1, 0.15) is 0 Å². The van der Waals surface area contributed by atoms with E-state index in [1.165, 1.54) is 0 Å². The third kappa shape index (κ3) is 5.59. The molecule has 1 aliphatic rings. The molecule has 0 radical (unpaired) electrons. The van der Waals surface area contributed by atoms with E-state index in [0.717, 1.165) is 18.6 Å². The monoisotopic (exact) mass is 360 g/mol. The van der Waals surface area contributed by atoms with Crippen LogP contribution < -0.4 is 5.32 Å². The van der Waals surface area contributed by atoms with Crippen LogP contribution in [0.25, 0.3) is 0 Å². The molecule has 0 saturated heterocycles. The Morgan fingerprint density at radius 1 is 1.30 bits per heavy atom. The summed E-state index contributed by atoms with van der Waals surface area (Å²) >= 11 is 3.33. The largest absolute Gasteiger partial charge is 0.351 e. The predicted molar refractivity (Wildman–Crippen MR) is 102 cm³/mol. The Hall–Kier alpha value is -0.360. The van der Waals surface area contributed by atoms with Gasteiger partial charge >= 0.3 is 0 Å². The fourth-order valence-corrected chi connectivity index (χ4v) is 4.98. The molecule has 1 N–H and O–H groups in total. The average Bonchev–Trinajstić information content (AvgIpc) is 3.18. The summed E-state index contributed by atoms with van der Waals surface area (Å²) in [5.41, 5.74) is -0.0763. The van der Waals surface area contributed by atoms with Crippen molar-refractivity contribution in [3.63, 3.8) is 0 Å². The van der Waals surface area contributed by atoms with Crippen molar-refractivity contribution in [3.8, 4) is 0 Å². The number of likely N-dealkylation sites (N-methyl/N-ethyl adjacent to an activating group) is 1. The Bertz CT molecular complexity index is 431. The Balaban J connectivity index is 2.54. The molecule has 0 aromatic rings. The number of carbonyl (C=O) groups excluding carboxylic acids is 2. The van der Waals surface area contributed by atoms with Crippen molar-refractivity contribution >= 4 is 35.3 Å². The molecule has 0 heterocycles. The fourth-order valence-electron chi connectivity index (χ4n) is 2.75. The first-order valence-corrected chi connectivity index (χ1v) is 10.6. The molecule has 1 saturated carbocycles. The van der Waals surface area contributed by atoms with Gasteiger partial charge in [-0.25, -0.2) is 0 Å². The molecule has 0 aliphatic heterocycles. The van der Waals surface area contributed by atoms with Gasteiger partial charge in [0.25, 0.3) is 0 Å². The maximum atomic E-state index is 12.6. The van der Waals surface area contributed by atoms with Crippen molar-refractivity contribution in [2.45, 2.75) is 63.5 Å². The zero-order valence-electron chi connectivity index (χ0n) is 15.6. The second-order valence-corrected chi connectivity index (χ2v) is 10.1. The van der Waals surface area contributed by atoms with Crippen molar-refractivity contribution in [1.29, 1.82) is 0 Å². The van der Waals surface area contributed by atoms with Crippen molar-refractivity contribution in [3.05, 3.63) is 0 Å². The fraction of sp³-hybridized carbons (Fsp3) is 0.882. The smallest absolute Gasteiger partial charge is 0.236 e. The third-order valence-electron chi connectivity index (χ3n) is 4.09. The number of thioether (sulfide) groups is 2. The van der Waals surface area contributed by atoms with E-state index in [1.807, 2.05) is 20.2 Å². The molecule has 0 aromatic heterocycles. The van der Waals surface area contributed by atoms with Crippen LogP contribution >= 0.6 is 23.5 Å². The van der Waals surface area contributed by atoms with Crippen LogP contribution in [0.3, 0.4) is 0 Å². The first kappa shape index (κ1) is 20.7.